The first kappa shape index (κ1) is 14.6. The number of nitrogens with zero attached hydrogens (tertiary/aromatic N) is 1. The van der Waals surface area contributed by atoms with E-state index in [4.69, 9.17) is 5.11 Å². The lowest BCUT2D eigenvalue weighted by atomic mass is 10.1. The van der Waals surface area contributed by atoms with Crippen molar-refractivity contribution in [1.82, 2.24) is 4.90 Å². The van der Waals surface area contributed by atoms with Crippen LogP contribution in [-0.4, -0.2) is 45.8 Å². The smallest absolute Gasteiger partial charge is 0.320 e. The molecule has 1 aliphatic rings. The lowest BCUT2D eigenvalue weighted by Crippen LogP contribution is -2.45. The molecular weight excluding hydrogens is 254 g/mol. The number of hydrogen-bond acceptors (Lipinski definition) is 3. The Hall–Kier alpha value is -1.83. The van der Waals surface area contributed by atoms with E-state index in [1.54, 1.807) is 11.8 Å². The maximum Gasteiger partial charge on any atom is 0.320 e. The average molecular weight is 273 g/mol. The molecule has 1 aromatic rings. The Morgan fingerprint density at radius 2 is 2.15 bits per heavy atom. The predicted octanol–water partition coefficient (Wildman–Crippen LogP) is 1.34. The summed E-state index contributed by atoms with van der Waals surface area (Å²) in [5, 5.41) is 19.5. The highest BCUT2D eigenvalue weighted by molar-refractivity contribution is 5.73. The van der Waals surface area contributed by atoms with Gasteiger partial charge in [0.1, 0.15) is 11.6 Å². The zero-order valence-corrected chi connectivity index (χ0v) is 11.5. The first-order valence-electron chi connectivity index (χ1n) is 6.75. The first-order chi connectivity index (χ1) is 9.48. The molecule has 0 radical (unpaired) electrons. The molecule has 20 heavy (non-hydrogen) atoms. The molecule has 0 bridgehead atoms. The second-order valence-electron chi connectivity index (χ2n) is 5.36. The van der Waals surface area contributed by atoms with E-state index < -0.39 is 17.6 Å². The highest BCUT2D eigenvalue weighted by atomic mass is 16.4. The number of carboxylic acids is 1. The maximum absolute atomic E-state index is 11.1. The zero-order valence-electron chi connectivity index (χ0n) is 11.5. The number of likely N-dealkylation sites (tertiary alicyclic amines) is 1. The minimum Gasteiger partial charge on any atom is -0.480 e. The summed E-state index contributed by atoms with van der Waals surface area (Å²) in [6, 6.07) is 8.93. The number of benzene rings is 1. The molecule has 4 nitrogen and oxygen atoms in total. The Labute approximate surface area is 119 Å². The third kappa shape index (κ3) is 3.83. The van der Waals surface area contributed by atoms with Gasteiger partial charge in [-0.15, -0.1) is 0 Å². The Bertz CT molecular complexity index is 528. The van der Waals surface area contributed by atoms with E-state index >= 15 is 0 Å². The first-order valence-corrected chi connectivity index (χ1v) is 6.75. The van der Waals surface area contributed by atoms with Gasteiger partial charge in [-0.1, -0.05) is 30.0 Å². The lowest BCUT2D eigenvalue weighted by molar-refractivity contribution is -0.142. The second kappa shape index (κ2) is 6.08. The third-order valence-electron chi connectivity index (χ3n) is 3.41. The van der Waals surface area contributed by atoms with Gasteiger partial charge in [0.15, 0.2) is 0 Å². The van der Waals surface area contributed by atoms with Crippen molar-refractivity contribution in [3.05, 3.63) is 35.9 Å². The fourth-order valence-corrected chi connectivity index (χ4v) is 2.46. The summed E-state index contributed by atoms with van der Waals surface area (Å²) in [5.74, 6) is 4.94. The van der Waals surface area contributed by atoms with E-state index in [9.17, 15) is 9.90 Å². The Kier molecular flexibility index (Phi) is 4.43. The van der Waals surface area contributed by atoms with Gasteiger partial charge in [0.25, 0.3) is 0 Å². The van der Waals surface area contributed by atoms with Crippen molar-refractivity contribution in [3.8, 4) is 11.8 Å². The van der Waals surface area contributed by atoms with Gasteiger partial charge in [0.2, 0.25) is 0 Å². The molecule has 2 N–H and O–H groups in total. The summed E-state index contributed by atoms with van der Waals surface area (Å²) in [7, 11) is 0. The van der Waals surface area contributed by atoms with Gasteiger partial charge in [-0.3, -0.25) is 9.69 Å². The van der Waals surface area contributed by atoms with Crippen molar-refractivity contribution in [3.63, 3.8) is 0 Å². The van der Waals surface area contributed by atoms with Crippen LogP contribution in [0.2, 0.25) is 0 Å². The minimum absolute atomic E-state index is 0.254. The normalized spacial score (nSPS) is 21.8. The van der Waals surface area contributed by atoms with E-state index in [1.165, 1.54) is 0 Å². The third-order valence-corrected chi connectivity index (χ3v) is 3.41. The van der Waals surface area contributed by atoms with Crippen LogP contribution in [0.1, 0.15) is 25.3 Å². The number of aliphatic carboxylic acids is 1. The fourth-order valence-electron chi connectivity index (χ4n) is 2.46. The second-order valence-corrected chi connectivity index (χ2v) is 5.36. The molecule has 0 spiro atoms. The quantitative estimate of drug-likeness (QED) is 0.816. The highest BCUT2D eigenvalue weighted by Crippen LogP contribution is 2.20. The SMILES string of the molecule is C[C@](O)(C#Cc1ccccc1)CN1CCC[C@H]1C(=O)O. The average Bonchev–Trinajstić information content (AvgIpc) is 2.85. The van der Waals surface area contributed by atoms with Gasteiger partial charge in [-0.05, 0) is 38.4 Å². The Morgan fingerprint density at radius 3 is 2.80 bits per heavy atom. The summed E-state index contributed by atoms with van der Waals surface area (Å²) in [4.78, 5) is 12.9. The van der Waals surface area contributed by atoms with E-state index in [2.05, 4.69) is 11.8 Å². The van der Waals surface area contributed by atoms with Gasteiger partial charge >= 0.3 is 5.97 Å². The van der Waals surface area contributed by atoms with E-state index in [0.717, 1.165) is 12.0 Å². The summed E-state index contributed by atoms with van der Waals surface area (Å²) in [5.41, 5.74) is -0.377. The van der Waals surface area contributed by atoms with Crippen molar-refractivity contribution >= 4 is 5.97 Å². The van der Waals surface area contributed by atoms with Crippen LogP contribution in [0.15, 0.2) is 30.3 Å². The number of aliphatic hydroxyl groups is 1. The number of carboxylic acid groups (broad SMARTS) is 1. The molecule has 1 aliphatic heterocycles. The highest BCUT2D eigenvalue weighted by Gasteiger charge is 2.34. The molecule has 106 valence electrons. The van der Waals surface area contributed by atoms with Crippen molar-refractivity contribution in [2.45, 2.75) is 31.4 Å². The monoisotopic (exact) mass is 273 g/mol. The number of carbonyl (C=O) groups is 1. The van der Waals surface area contributed by atoms with Crippen LogP contribution in [0.3, 0.4) is 0 Å². The molecule has 0 unspecified atom stereocenters. The van der Waals surface area contributed by atoms with Crippen LogP contribution < -0.4 is 0 Å². The standard InChI is InChI=1S/C16H19NO3/c1-16(20,10-9-13-6-3-2-4-7-13)12-17-11-5-8-14(17)15(18)19/h2-4,6-7,14,20H,5,8,11-12H2,1H3,(H,18,19)/t14-,16-/m0/s1. The van der Waals surface area contributed by atoms with Crippen molar-refractivity contribution in [2.75, 3.05) is 13.1 Å². The van der Waals surface area contributed by atoms with Gasteiger partial charge in [-0.2, -0.15) is 0 Å². The predicted molar refractivity (Wildman–Crippen MR) is 76.2 cm³/mol. The molecule has 0 aromatic heterocycles. The van der Waals surface area contributed by atoms with Crippen molar-refractivity contribution in [2.24, 2.45) is 0 Å². The fraction of sp³-hybridized carbons (Fsp3) is 0.438. The molecule has 0 saturated carbocycles. The van der Waals surface area contributed by atoms with Crippen molar-refractivity contribution in [1.29, 1.82) is 0 Å². The largest absolute Gasteiger partial charge is 0.480 e. The molecule has 0 amide bonds. The van der Waals surface area contributed by atoms with Gasteiger partial charge in [-0.25, -0.2) is 0 Å². The van der Waals surface area contributed by atoms with Gasteiger partial charge < -0.3 is 10.2 Å². The number of hydrogen-bond donors (Lipinski definition) is 2. The molecule has 2 atom stereocenters. The molecule has 1 heterocycles. The topological polar surface area (TPSA) is 60.8 Å². The van der Waals surface area contributed by atoms with Crippen LogP contribution in [0.5, 0.6) is 0 Å². The summed E-state index contributed by atoms with van der Waals surface area (Å²) in [6.45, 7) is 2.57. The van der Waals surface area contributed by atoms with E-state index in [-0.39, 0.29) is 6.54 Å². The molecule has 1 saturated heterocycles. The zero-order chi connectivity index (χ0) is 14.6. The van der Waals surface area contributed by atoms with Crippen LogP contribution in [-0.2, 0) is 4.79 Å². The van der Waals surface area contributed by atoms with Crippen LogP contribution in [0.4, 0.5) is 0 Å². The Balaban J connectivity index is 2.04. The Morgan fingerprint density at radius 1 is 1.45 bits per heavy atom. The van der Waals surface area contributed by atoms with E-state index in [1.807, 2.05) is 30.3 Å². The summed E-state index contributed by atoms with van der Waals surface area (Å²) in [6.07, 6.45) is 1.48. The van der Waals surface area contributed by atoms with Gasteiger partial charge in [0.05, 0.1) is 0 Å². The molecule has 2 rings (SSSR count). The number of β-amino-alcohol motifs (C(OH)–C–C–N with tert-alkyl or cyclic N) is 1. The maximum atomic E-state index is 11.1. The summed E-state index contributed by atoms with van der Waals surface area (Å²) < 4.78 is 0. The molecular formula is C16H19NO3. The minimum atomic E-state index is -1.21. The molecule has 1 fully saturated rings. The van der Waals surface area contributed by atoms with Crippen LogP contribution >= 0.6 is 0 Å². The van der Waals surface area contributed by atoms with Gasteiger partial charge in [0, 0.05) is 12.1 Å². The molecule has 4 heteroatoms. The molecule has 1 aromatic carbocycles. The van der Waals surface area contributed by atoms with Crippen molar-refractivity contribution < 1.29 is 15.0 Å². The molecule has 0 aliphatic carbocycles. The van der Waals surface area contributed by atoms with Crippen LogP contribution in [0, 0.1) is 11.8 Å². The summed E-state index contributed by atoms with van der Waals surface area (Å²) >= 11 is 0. The number of rotatable bonds is 3. The van der Waals surface area contributed by atoms with Crippen LogP contribution in [0.25, 0.3) is 0 Å². The van der Waals surface area contributed by atoms with E-state index in [0.29, 0.717) is 13.0 Å². The lowest BCUT2D eigenvalue weighted by Gasteiger charge is -2.27.